The first kappa shape index (κ1) is 28.1. The van der Waals surface area contributed by atoms with Crippen molar-refractivity contribution in [3.63, 3.8) is 0 Å². The van der Waals surface area contributed by atoms with Crippen LogP contribution in [0.25, 0.3) is 11.2 Å². The molecule has 1 aromatic carbocycles. The van der Waals surface area contributed by atoms with E-state index >= 15 is 0 Å². The van der Waals surface area contributed by atoms with E-state index in [0.717, 1.165) is 68.2 Å². The molecule has 6 rings (SSSR count). The van der Waals surface area contributed by atoms with E-state index in [-0.39, 0.29) is 17.9 Å². The molecule has 1 atom stereocenters. The van der Waals surface area contributed by atoms with E-state index in [2.05, 4.69) is 14.9 Å². The van der Waals surface area contributed by atoms with Gasteiger partial charge in [0, 0.05) is 37.9 Å². The molecule has 12 heteroatoms. The number of pyridine rings is 2. The molecule has 3 aromatic heterocycles. The topological polar surface area (TPSA) is 103 Å². The molecule has 2 fully saturated rings. The van der Waals surface area contributed by atoms with Gasteiger partial charge in [-0.2, -0.15) is 13.2 Å². The van der Waals surface area contributed by atoms with Crippen LogP contribution in [-0.4, -0.2) is 67.4 Å². The van der Waals surface area contributed by atoms with Gasteiger partial charge >= 0.3 is 12.1 Å². The van der Waals surface area contributed by atoms with Gasteiger partial charge in [0.15, 0.2) is 11.3 Å². The van der Waals surface area contributed by atoms with Gasteiger partial charge in [-0.3, -0.25) is 4.90 Å². The summed E-state index contributed by atoms with van der Waals surface area (Å²) >= 11 is 0. The number of benzene rings is 1. The molecule has 4 aromatic rings. The highest BCUT2D eigenvalue weighted by Gasteiger charge is 2.30. The minimum atomic E-state index is -4.36. The fourth-order valence-corrected chi connectivity index (χ4v) is 5.31. The molecule has 220 valence electrons. The number of carboxylic acid groups (broad SMARTS) is 1. The predicted octanol–water partition coefficient (Wildman–Crippen LogP) is 4.97. The van der Waals surface area contributed by atoms with Crippen molar-refractivity contribution in [1.29, 1.82) is 0 Å². The average molecular weight is 582 g/mol. The third-order valence-electron chi connectivity index (χ3n) is 7.70. The zero-order valence-corrected chi connectivity index (χ0v) is 22.8. The lowest BCUT2D eigenvalue weighted by Crippen LogP contribution is -2.39. The molecule has 0 radical (unpaired) electrons. The Kier molecular flexibility index (Phi) is 7.82. The van der Waals surface area contributed by atoms with Crippen molar-refractivity contribution in [2.24, 2.45) is 0 Å². The maximum atomic E-state index is 12.9. The van der Waals surface area contributed by atoms with Crippen molar-refractivity contribution in [3.8, 4) is 5.88 Å². The average Bonchev–Trinajstić information content (AvgIpc) is 3.27. The summed E-state index contributed by atoms with van der Waals surface area (Å²) in [5, 5.41) is 9.41. The highest BCUT2D eigenvalue weighted by atomic mass is 19.4. The number of hydrogen-bond acceptors (Lipinski definition) is 7. The zero-order chi connectivity index (χ0) is 29.3. The summed E-state index contributed by atoms with van der Waals surface area (Å²) in [7, 11) is 0. The number of nitrogens with zero attached hydrogens (tertiary/aromatic N) is 5. The van der Waals surface area contributed by atoms with Crippen molar-refractivity contribution in [1.82, 2.24) is 24.4 Å². The second kappa shape index (κ2) is 11.7. The van der Waals surface area contributed by atoms with Gasteiger partial charge in [-0.25, -0.2) is 19.7 Å². The monoisotopic (exact) mass is 581 g/mol. The number of aromatic carboxylic acids is 1. The van der Waals surface area contributed by atoms with Crippen LogP contribution in [0.2, 0.25) is 0 Å². The van der Waals surface area contributed by atoms with Crippen LogP contribution in [0.3, 0.4) is 0 Å². The lowest BCUT2D eigenvalue weighted by Gasteiger charge is -2.32. The number of aromatic nitrogens is 4. The molecular formula is C30H30F3N5O4. The molecule has 1 N–H and O–H groups in total. The number of carboxylic acids is 1. The van der Waals surface area contributed by atoms with Gasteiger partial charge in [-0.15, -0.1) is 0 Å². The number of fused-ring (bicyclic) bond motifs is 1. The van der Waals surface area contributed by atoms with Gasteiger partial charge in [-0.05, 0) is 55.2 Å². The molecule has 0 spiro atoms. The van der Waals surface area contributed by atoms with Crippen LogP contribution in [-0.2, 0) is 30.4 Å². The molecule has 5 heterocycles. The van der Waals surface area contributed by atoms with Crippen molar-refractivity contribution in [2.75, 3.05) is 19.7 Å². The number of hydrogen-bond donors (Lipinski definition) is 1. The predicted molar refractivity (Wildman–Crippen MR) is 146 cm³/mol. The Morgan fingerprint density at radius 2 is 1.76 bits per heavy atom. The second-order valence-electron chi connectivity index (χ2n) is 10.7. The maximum Gasteiger partial charge on any atom is 0.416 e. The minimum absolute atomic E-state index is 0.0141. The lowest BCUT2D eigenvalue weighted by atomic mass is 10.1. The van der Waals surface area contributed by atoms with Crippen LogP contribution in [0.1, 0.15) is 52.4 Å². The third-order valence-corrected chi connectivity index (χ3v) is 7.70. The standard InChI is InChI=1S/C30H30F3N5O4/c31-30(32,33)20-6-4-19(5-7-20)16-21-2-1-3-27(34-21)42-22-10-13-37(14-11-22)18-26-35-24-8-9-25(29(39)40)36-28(24)38(26)17-23-12-15-41-23/h1-9,22-23H,10-18H2,(H,39,40). The number of carbonyl (C=O) groups is 1. The van der Waals surface area contributed by atoms with Crippen LogP contribution >= 0.6 is 0 Å². The van der Waals surface area contributed by atoms with E-state index in [0.29, 0.717) is 36.6 Å². The van der Waals surface area contributed by atoms with Gasteiger partial charge in [-0.1, -0.05) is 18.2 Å². The normalized spacial score (nSPS) is 18.2. The van der Waals surface area contributed by atoms with Crippen LogP contribution in [0.15, 0.2) is 54.6 Å². The van der Waals surface area contributed by atoms with Crippen molar-refractivity contribution in [2.45, 2.75) is 57.2 Å². The van der Waals surface area contributed by atoms with Gasteiger partial charge in [0.2, 0.25) is 5.88 Å². The summed E-state index contributed by atoms with van der Waals surface area (Å²) in [5.41, 5.74) is 2.00. The molecule has 2 aliphatic heterocycles. The third kappa shape index (κ3) is 6.39. The summed E-state index contributed by atoms with van der Waals surface area (Å²) in [4.78, 5) is 27.5. The molecule has 0 amide bonds. The molecule has 0 aliphatic carbocycles. The second-order valence-corrected chi connectivity index (χ2v) is 10.7. The smallest absolute Gasteiger partial charge is 0.416 e. The molecule has 1 unspecified atom stereocenters. The molecule has 0 bridgehead atoms. The molecule has 42 heavy (non-hydrogen) atoms. The highest BCUT2D eigenvalue weighted by Crippen LogP contribution is 2.29. The fourth-order valence-electron chi connectivity index (χ4n) is 5.31. The zero-order valence-electron chi connectivity index (χ0n) is 22.8. The number of rotatable bonds is 9. The summed E-state index contributed by atoms with van der Waals surface area (Å²) in [5.74, 6) is 0.251. The van der Waals surface area contributed by atoms with Gasteiger partial charge in [0.25, 0.3) is 0 Å². The SMILES string of the molecule is O=C(O)c1ccc2nc(CN3CCC(Oc4cccc(Cc5ccc(C(F)(F)F)cc5)n4)CC3)n(CC3CCO3)c2n1. The van der Waals surface area contributed by atoms with Crippen molar-refractivity contribution in [3.05, 3.63) is 82.9 Å². The Balaban J connectivity index is 1.07. The first-order chi connectivity index (χ1) is 20.2. The van der Waals surface area contributed by atoms with Crippen LogP contribution in [0.5, 0.6) is 5.88 Å². The van der Waals surface area contributed by atoms with E-state index in [1.54, 1.807) is 12.1 Å². The Morgan fingerprint density at radius 3 is 2.43 bits per heavy atom. The van der Waals surface area contributed by atoms with Crippen LogP contribution < -0.4 is 4.74 Å². The maximum absolute atomic E-state index is 12.9. The molecule has 9 nitrogen and oxygen atoms in total. The highest BCUT2D eigenvalue weighted by molar-refractivity contribution is 5.88. The van der Waals surface area contributed by atoms with E-state index < -0.39 is 17.7 Å². The number of imidazole rings is 1. The lowest BCUT2D eigenvalue weighted by molar-refractivity contribution is -0.137. The van der Waals surface area contributed by atoms with Gasteiger partial charge in [0.05, 0.1) is 24.8 Å². The summed E-state index contributed by atoms with van der Waals surface area (Å²) in [6, 6.07) is 13.8. The van der Waals surface area contributed by atoms with Gasteiger partial charge in [0.1, 0.15) is 17.4 Å². The van der Waals surface area contributed by atoms with Crippen molar-refractivity contribution >= 4 is 17.1 Å². The van der Waals surface area contributed by atoms with Crippen LogP contribution in [0, 0.1) is 0 Å². The van der Waals surface area contributed by atoms with E-state index in [9.17, 15) is 23.1 Å². The van der Waals surface area contributed by atoms with E-state index in [4.69, 9.17) is 14.5 Å². The number of halogens is 3. The molecule has 2 saturated heterocycles. The van der Waals surface area contributed by atoms with Crippen molar-refractivity contribution < 1.29 is 32.5 Å². The van der Waals surface area contributed by atoms with Crippen LogP contribution in [0.4, 0.5) is 13.2 Å². The number of ether oxygens (including phenoxy) is 2. The number of likely N-dealkylation sites (tertiary alicyclic amines) is 1. The quantitative estimate of drug-likeness (QED) is 0.296. The largest absolute Gasteiger partial charge is 0.477 e. The Hall–Kier alpha value is -4.03. The Labute approximate surface area is 239 Å². The first-order valence-corrected chi connectivity index (χ1v) is 13.9. The molecule has 2 aliphatic rings. The van der Waals surface area contributed by atoms with Gasteiger partial charge < -0.3 is 19.1 Å². The summed E-state index contributed by atoms with van der Waals surface area (Å²) in [6.07, 6.45) is -1.38. The summed E-state index contributed by atoms with van der Waals surface area (Å²) in [6.45, 7) is 3.47. The molecule has 0 saturated carbocycles. The Bertz CT molecular complexity index is 1560. The number of alkyl halides is 3. The van der Waals surface area contributed by atoms with E-state index in [1.807, 2.05) is 16.7 Å². The molecular weight excluding hydrogens is 551 g/mol. The number of piperidine rings is 1. The summed E-state index contributed by atoms with van der Waals surface area (Å²) < 4.78 is 52.4. The van der Waals surface area contributed by atoms with E-state index in [1.165, 1.54) is 18.2 Å². The fraction of sp³-hybridized carbons (Fsp3) is 0.400. The minimum Gasteiger partial charge on any atom is -0.477 e. The Morgan fingerprint density at radius 1 is 1.00 bits per heavy atom. The first-order valence-electron chi connectivity index (χ1n) is 13.9.